The third kappa shape index (κ3) is 1.89. The van der Waals surface area contributed by atoms with Crippen LogP contribution in [0.2, 0.25) is 0 Å². The summed E-state index contributed by atoms with van der Waals surface area (Å²) in [6.07, 6.45) is 1.36. The van der Waals surface area contributed by atoms with E-state index in [2.05, 4.69) is 9.97 Å². The molecular weight excluding hydrogens is 245 g/mol. The second kappa shape index (κ2) is 3.71. The summed E-state index contributed by atoms with van der Waals surface area (Å²) in [5.74, 6) is 0.749. The van der Waals surface area contributed by atoms with Crippen molar-refractivity contribution < 1.29 is 13.7 Å². The second-order valence-electron chi connectivity index (χ2n) is 5.73. The van der Waals surface area contributed by atoms with Gasteiger partial charge in [-0.3, -0.25) is 0 Å². The lowest BCUT2D eigenvalue weighted by atomic mass is 9.85. The van der Waals surface area contributed by atoms with Gasteiger partial charge in [-0.25, -0.2) is 9.97 Å². The molecule has 0 amide bonds. The van der Waals surface area contributed by atoms with E-state index < -0.39 is 18.3 Å². The Morgan fingerprint density at radius 1 is 1.11 bits per heavy atom. The molecule has 0 bridgehead atoms. The maximum Gasteiger partial charge on any atom is 0.514 e. The molecule has 3 aliphatic heterocycles. The predicted molar refractivity (Wildman–Crippen MR) is 71.0 cm³/mol. The van der Waals surface area contributed by atoms with Crippen LogP contribution in [0.1, 0.15) is 27.7 Å². The van der Waals surface area contributed by atoms with Crippen molar-refractivity contribution in [3.05, 3.63) is 12.3 Å². The van der Waals surface area contributed by atoms with Gasteiger partial charge in [0.05, 0.1) is 16.8 Å². The Kier molecular flexibility index (Phi) is 2.43. The van der Waals surface area contributed by atoms with Gasteiger partial charge in [-0.15, -0.1) is 0 Å². The van der Waals surface area contributed by atoms with E-state index in [1.807, 2.05) is 27.7 Å². The fraction of sp³-hybridized carbons (Fsp3) is 0.500. The zero-order valence-corrected chi connectivity index (χ0v) is 11.4. The first-order valence-electron chi connectivity index (χ1n) is 6.16. The molecule has 0 spiro atoms. The number of hydrogen-bond donors (Lipinski definition) is 1. The average molecular weight is 261 g/mol. The van der Waals surface area contributed by atoms with E-state index in [-0.39, 0.29) is 0 Å². The van der Waals surface area contributed by atoms with Crippen LogP contribution in [-0.2, 0) is 9.31 Å². The monoisotopic (exact) mass is 261 g/mol. The third-order valence-corrected chi connectivity index (χ3v) is 3.77. The molecule has 3 aliphatic rings. The molecule has 0 saturated carbocycles. The van der Waals surface area contributed by atoms with E-state index in [9.17, 15) is 0 Å². The van der Waals surface area contributed by atoms with Crippen molar-refractivity contribution in [1.29, 1.82) is 0 Å². The molecule has 2 N–H and O–H groups in total. The van der Waals surface area contributed by atoms with Crippen molar-refractivity contribution in [3.8, 4) is 11.6 Å². The van der Waals surface area contributed by atoms with Gasteiger partial charge < -0.3 is 19.5 Å². The molecule has 0 aromatic carbocycles. The van der Waals surface area contributed by atoms with E-state index >= 15 is 0 Å². The summed E-state index contributed by atoms with van der Waals surface area (Å²) in [6.45, 7) is 7.99. The number of rotatable bonds is 1. The highest BCUT2D eigenvalue weighted by Gasteiger charge is 2.52. The third-order valence-electron chi connectivity index (χ3n) is 3.77. The van der Waals surface area contributed by atoms with Crippen molar-refractivity contribution in [2.75, 3.05) is 5.73 Å². The highest BCUT2D eigenvalue weighted by Crippen LogP contribution is 2.36. The zero-order chi connectivity index (χ0) is 13.8. The number of nitrogens with two attached hydrogens (primary N) is 1. The molecule has 100 valence electrons. The quantitative estimate of drug-likeness (QED) is 0.772. The standard InChI is InChI=1S/C12H16BN3O3/c1-11(2)12(3,4)19-13(18-11)8-5-7-10(16-8)17-6-9(14)15-7/h5-6H,14H2,1-4H3. The molecule has 19 heavy (non-hydrogen) atoms. The minimum Gasteiger partial charge on any atom is -0.441 e. The molecule has 0 radical (unpaired) electrons. The maximum atomic E-state index is 5.92. The number of nitrogen functional groups attached to an aromatic ring is 1. The van der Waals surface area contributed by atoms with Crippen LogP contribution in [-0.4, -0.2) is 28.3 Å². The smallest absolute Gasteiger partial charge is 0.441 e. The summed E-state index contributed by atoms with van der Waals surface area (Å²) >= 11 is 0. The number of fused-ring (bicyclic) bond motifs is 1. The van der Waals surface area contributed by atoms with Gasteiger partial charge in [0.25, 0.3) is 0 Å². The summed E-state index contributed by atoms with van der Waals surface area (Å²) in [5.41, 5.74) is 6.03. The minimum absolute atomic E-state index is 0.320. The van der Waals surface area contributed by atoms with Gasteiger partial charge in [0.2, 0.25) is 5.89 Å². The topological polar surface area (TPSA) is 83.4 Å². The summed E-state index contributed by atoms with van der Waals surface area (Å²) < 4.78 is 17.1. The van der Waals surface area contributed by atoms with Gasteiger partial charge in [-0.1, -0.05) is 0 Å². The molecule has 0 aliphatic carbocycles. The van der Waals surface area contributed by atoms with E-state index in [4.69, 9.17) is 19.5 Å². The SMILES string of the molecule is CC1(C)OB(c2cc3nc(N)coc-3n2)OC1(C)C. The van der Waals surface area contributed by atoms with Crippen LogP contribution in [0.25, 0.3) is 11.6 Å². The number of hydrogen-bond acceptors (Lipinski definition) is 6. The minimum atomic E-state index is -0.518. The second-order valence-corrected chi connectivity index (χ2v) is 5.73. The highest BCUT2D eigenvalue weighted by molar-refractivity contribution is 6.61. The van der Waals surface area contributed by atoms with E-state index in [1.54, 1.807) is 6.07 Å². The van der Waals surface area contributed by atoms with Gasteiger partial charge in [0.1, 0.15) is 12.0 Å². The van der Waals surface area contributed by atoms with Crippen LogP contribution in [0.3, 0.4) is 0 Å². The van der Waals surface area contributed by atoms with Gasteiger partial charge in [0, 0.05) is 0 Å². The summed E-state index contributed by atoms with van der Waals surface area (Å²) in [4.78, 5) is 8.48. The van der Waals surface area contributed by atoms with Crippen molar-refractivity contribution >= 4 is 18.5 Å². The van der Waals surface area contributed by atoms with E-state index in [1.165, 1.54) is 6.26 Å². The van der Waals surface area contributed by atoms with Gasteiger partial charge >= 0.3 is 7.12 Å². The number of anilines is 1. The lowest BCUT2D eigenvalue weighted by Gasteiger charge is -2.32. The van der Waals surface area contributed by atoms with Crippen LogP contribution < -0.4 is 11.3 Å². The molecule has 3 heterocycles. The van der Waals surface area contributed by atoms with Crippen LogP contribution >= 0.6 is 0 Å². The highest BCUT2D eigenvalue weighted by atomic mass is 16.7. The Morgan fingerprint density at radius 3 is 2.37 bits per heavy atom. The lowest BCUT2D eigenvalue weighted by molar-refractivity contribution is 0.00578. The first kappa shape index (κ1) is 12.4. The Balaban J connectivity index is 1.97. The van der Waals surface area contributed by atoms with Crippen molar-refractivity contribution in [1.82, 2.24) is 9.97 Å². The molecule has 6 nitrogen and oxygen atoms in total. The molecular formula is C12H16BN3O3. The van der Waals surface area contributed by atoms with Crippen LogP contribution in [0, 0.1) is 0 Å². The first-order valence-corrected chi connectivity index (χ1v) is 6.16. The molecule has 0 aromatic rings. The average Bonchev–Trinajstić information content (AvgIpc) is 2.78. The van der Waals surface area contributed by atoms with Crippen molar-refractivity contribution in [2.45, 2.75) is 38.9 Å². The summed E-state index contributed by atoms with van der Waals surface area (Å²) in [6, 6.07) is 1.78. The van der Waals surface area contributed by atoms with Crippen LogP contribution in [0.15, 0.2) is 16.7 Å². The maximum absolute atomic E-state index is 5.92. The van der Waals surface area contributed by atoms with Crippen molar-refractivity contribution in [2.24, 2.45) is 0 Å². The number of aromatic nitrogens is 2. The fourth-order valence-electron chi connectivity index (χ4n) is 1.94. The van der Waals surface area contributed by atoms with Crippen LogP contribution in [0.4, 0.5) is 5.82 Å². The summed E-state index contributed by atoms with van der Waals surface area (Å²) in [5, 5.41) is 0. The van der Waals surface area contributed by atoms with E-state index in [0.717, 1.165) is 0 Å². The molecule has 1 fully saturated rings. The van der Waals surface area contributed by atoms with Gasteiger partial charge in [0.15, 0.2) is 5.82 Å². The van der Waals surface area contributed by atoms with Crippen LogP contribution in [0.5, 0.6) is 0 Å². The Bertz CT molecular complexity index is 580. The molecule has 7 heteroatoms. The van der Waals surface area contributed by atoms with E-state index in [0.29, 0.717) is 23.0 Å². The normalized spacial score (nSPS) is 21.2. The zero-order valence-electron chi connectivity index (χ0n) is 11.4. The van der Waals surface area contributed by atoms with Crippen molar-refractivity contribution in [3.63, 3.8) is 0 Å². The molecule has 0 atom stereocenters. The fourth-order valence-corrected chi connectivity index (χ4v) is 1.94. The Labute approximate surface area is 111 Å². The first-order chi connectivity index (χ1) is 8.78. The molecule has 1 saturated heterocycles. The largest absolute Gasteiger partial charge is 0.514 e. The lowest BCUT2D eigenvalue weighted by Crippen LogP contribution is -2.41. The molecule has 0 unspecified atom stereocenters. The predicted octanol–water partition coefficient (Wildman–Crippen LogP) is 1.06. The number of nitrogens with zero attached hydrogens (tertiary/aromatic N) is 2. The van der Waals surface area contributed by atoms with Gasteiger partial charge in [-0.05, 0) is 33.8 Å². The summed E-state index contributed by atoms with van der Waals surface area (Å²) in [7, 11) is -0.518. The molecule has 0 aromatic heterocycles. The Morgan fingerprint density at radius 2 is 1.74 bits per heavy atom. The van der Waals surface area contributed by atoms with Gasteiger partial charge in [-0.2, -0.15) is 0 Å². The Hall–Kier alpha value is -1.60. The molecule has 3 rings (SSSR count).